The summed E-state index contributed by atoms with van der Waals surface area (Å²) in [6.07, 6.45) is 3.95. The van der Waals surface area contributed by atoms with Crippen molar-refractivity contribution in [2.75, 3.05) is 0 Å². The van der Waals surface area contributed by atoms with Crippen LogP contribution < -0.4 is 0 Å². The summed E-state index contributed by atoms with van der Waals surface area (Å²) in [6, 6.07) is 8.70. The Kier molecular flexibility index (Phi) is 3.30. The number of thiophene rings is 1. The molecule has 0 fully saturated rings. The maximum Gasteiger partial charge on any atom is 0.127 e. The van der Waals surface area contributed by atoms with E-state index in [1.54, 1.807) is 17.7 Å². The van der Waals surface area contributed by atoms with Gasteiger partial charge in [0.1, 0.15) is 11.2 Å². The minimum absolute atomic E-state index is 1.06. The predicted molar refractivity (Wildman–Crippen MR) is 81.6 cm³/mol. The lowest BCUT2D eigenvalue weighted by Gasteiger charge is -2.06. The van der Waals surface area contributed by atoms with Gasteiger partial charge in [0.25, 0.3) is 0 Å². The van der Waals surface area contributed by atoms with Crippen molar-refractivity contribution >= 4 is 21.6 Å². The van der Waals surface area contributed by atoms with Crippen molar-refractivity contribution in [1.82, 2.24) is 9.97 Å². The maximum atomic E-state index is 4.51. The van der Waals surface area contributed by atoms with Crippen molar-refractivity contribution in [2.45, 2.75) is 26.7 Å². The molecule has 0 aliphatic rings. The molecule has 0 saturated carbocycles. The van der Waals surface area contributed by atoms with Crippen LogP contribution in [-0.2, 0) is 6.42 Å². The molecule has 96 valence electrons. The fourth-order valence-corrected chi connectivity index (χ4v) is 3.29. The van der Waals surface area contributed by atoms with E-state index < -0.39 is 0 Å². The highest BCUT2D eigenvalue weighted by Crippen LogP contribution is 2.32. The van der Waals surface area contributed by atoms with E-state index >= 15 is 0 Å². The molecule has 2 heterocycles. The van der Waals surface area contributed by atoms with Gasteiger partial charge in [0.15, 0.2) is 0 Å². The monoisotopic (exact) mass is 268 g/mol. The standard InChI is InChI=1S/C16H16N2S/c1-3-5-12-6-4-7-13(8-12)15-14-11(2)9-19-16(14)18-10-17-15/h4,6-10H,3,5H2,1-2H3. The summed E-state index contributed by atoms with van der Waals surface area (Å²) in [6.45, 7) is 4.33. The van der Waals surface area contributed by atoms with Gasteiger partial charge >= 0.3 is 0 Å². The Hall–Kier alpha value is -1.74. The number of benzene rings is 1. The van der Waals surface area contributed by atoms with Gasteiger partial charge < -0.3 is 0 Å². The maximum absolute atomic E-state index is 4.51. The Balaban J connectivity index is 2.18. The topological polar surface area (TPSA) is 25.8 Å². The van der Waals surface area contributed by atoms with E-state index in [2.05, 4.69) is 53.5 Å². The van der Waals surface area contributed by atoms with Crippen LogP contribution in [0.25, 0.3) is 21.5 Å². The van der Waals surface area contributed by atoms with Crippen molar-refractivity contribution in [1.29, 1.82) is 0 Å². The smallest absolute Gasteiger partial charge is 0.127 e. The molecular formula is C16H16N2S. The molecule has 3 heteroatoms. The molecule has 0 amide bonds. The third-order valence-electron chi connectivity index (χ3n) is 3.29. The van der Waals surface area contributed by atoms with Crippen LogP contribution in [0.3, 0.4) is 0 Å². The van der Waals surface area contributed by atoms with Crippen molar-refractivity contribution in [3.8, 4) is 11.3 Å². The Morgan fingerprint density at radius 2 is 2.11 bits per heavy atom. The second kappa shape index (κ2) is 5.10. The van der Waals surface area contributed by atoms with Gasteiger partial charge in [-0.3, -0.25) is 0 Å². The summed E-state index contributed by atoms with van der Waals surface area (Å²) in [4.78, 5) is 9.93. The Morgan fingerprint density at radius 3 is 2.95 bits per heavy atom. The van der Waals surface area contributed by atoms with Crippen LogP contribution in [0.4, 0.5) is 0 Å². The van der Waals surface area contributed by atoms with Gasteiger partial charge in [0.05, 0.1) is 5.69 Å². The first-order valence-corrected chi connectivity index (χ1v) is 7.45. The molecule has 0 aliphatic carbocycles. The summed E-state index contributed by atoms with van der Waals surface area (Å²) >= 11 is 1.69. The number of fused-ring (bicyclic) bond motifs is 1. The molecule has 0 N–H and O–H groups in total. The van der Waals surface area contributed by atoms with Gasteiger partial charge in [0, 0.05) is 10.9 Å². The third-order valence-corrected chi connectivity index (χ3v) is 4.30. The summed E-state index contributed by atoms with van der Waals surface area (Å²) in [7, 11) is 0. The molecule has 3 rings (SSSR count). The van der Waals surface area contributed by atoms with E-state index in [1.807, 2.05) is 0 Å². The lowest BCUT2D eigenvalue weighted by molar-refractivity contribution is 0.922. The predicted octanol–water partition coefficient (Wildman–Crippen LogP) is 4.62. The molecule has 19 heavy (non-hydrogen) atoms. The number of hydrogen-bond donors (Lipinski definition) is 0. The van der Waals surface area contributed by atoms with E-state index in [-0.39, 0.29) is 0 Å². The number of rotatable bonds is 3. The van der Waals surface area contributed by atoms with Gasteiger partial charge in [-0.05, 0) is 35.9 Å². The third kappa shape index (κ3) is 2.26. The first-order valence-electron chi connectivity index (χ1n) is 6.57. The van der Waals surface area contributed by atoms with Crippen molar-refractivity contribution in [2.24, 2.45) is 0 Å². The fourth-order valence-electron chi connectivity index (χ4n) is 2.40. The zero-order valence-electron chi connectivity index (χ0n) is 11.2. The zero-order valence-corrected chi connectivity index (χ0v) is 12.0. The van der Waals surface area contributed by atoms with Crippen LogP contribution in [0.1, 0.15) is 24.5 Å². The Bertz CT molecular complexity index is 716. The van der Waals surface area contributed by atoms with E-state index in [4.69, 9.17) is 0 Å². The van der Waals surface area contributed by atoms with E-state index in [9.17, 15) is 0 Å². The molecule has 2 aromatic heterocycles. The second-order valence-corrected chi connectivity index (χ2v) is 5.63. The average Bonchev–Trinajstić information content (AvgIpc) is 2.82. The molecule has 1 aromatic carbocycles. The molecule has 3 aromatic rings. The summed E-state index contributed by atoms with van der Waals surface area (Å²) < 4.78 is 0. The largest absolute Gasteiger partial charge is 0.236 e. The first kappa shape index (κ1) is 12.3. The van der Waals surface area contributed by atoms with Crippen LogP contribution in [0.2, 0.25) is 0 Å². The highest BCUT2D eigenvalue weighted by atomic mass is 32.1. The van der Waals surface area contributed by atoms with Crippen LogP contribution in [0.15, 0.2) is 36.0 Å². The SMILES string of the molecule is CCCc1cccc(-c2ncnc3scc(C)c23)c1. The van der Waals surface area contributed by atoms with Crippen molar-refractivity contribution < 1.29 is 0 Å². The normalized spacial score (nSPS) is 11.1. The van der Waals surface area contributed by atoms with E-state index in [0.717, 1.165) is 16.9 Å². The molecule has 2 nitrogen and oxygen atoms in total. The van der Waals surface area contributed by atoms with Crippen LogP contribution in [0, 0.1) is 6.92 Å². The highest BCUT2D eigenvalue weighted by molar-refractivity contribution is 7.17. The quantitative estimate of drug-likeness (QED) is 0.692. The van der Waals surface area contributed by atoms with E-state index in [1.165, 1.54) is 28.5 Å². The number of aryl methyl sites for hydroxylation is 2. The minimum atomic E-state index is 1.06. The summed E-state index contributed by atoms with van der Waals surface area (Å²) in [5.41, 5.74) is 4.89. The van der Waals surface area contributed by atoms with Gasteiger partial charge in [-0.1, -0.05) is 31.5 Å². The highest BCUT2D eigenvalue weighted by Gasteiger charge is 2.10. The van der Waals surface area contributed by atoms with Crippen LogP contribution in [0.5, 0.6) is 0 Å². The Labute approximate surface area is 117 Å². The molecule has 0 spiro atoms. The Morgan fingerprint density at radius 1 is 1.21 bits per heavy atom. The molecule has 0 bridgehead atoms. The van der Waals surface area contributed by atoms with Gasteiger partial charge in [-0.25, -0.2) is 9.97 Å². The number of nitrogens with zero attached hydrogens (tertiary/aromatic N) is 2. The fraction of sp³-hybridized carbons (Fsp3) is 0.250. The van der Waals surface area contributed by atoms with Crippen molar-refractivity contribution in [3.05, 3.63) is 47.1 Å². The van der Waals surface area contributed by atoms with Gasteiger partial charge in [-0.15, -0.1) is 11.3 Å². The first-order chi connectivity index (χ1) is 9.29. The molecule has 0 aliphatic heterocycles. The molecule has 0 saturated heterocycles. The number of aromatic nitrogens is 2. The molecule has 0 radical (unpaired) electrons. The van der Waals surface area contributed by atoms with E-state index in [0.29, 0.717) is 0 Å². The molecule has 0 unspecified atom stereocenters. The summed E-state index contributed by atoms with van der Waals surface area (Å²) in [5.74, 6) is 0. The lowest BCUT2D eigenvalue weighted by atomic mass is 10.0. The summed E-state index contributed by atoms with van der Waals surface area (Å²) in [5, 5.41) is 3.35. The van der Waals surface area contributed by atoms with Gasteiger partial charge in [0.2, 0.25) is 0 Å². The average molecular weight is 268 g/mol. The minimum Gasteiger partial charge on any atom is -0.236 e. The van der Waals surface area contributed by atoms with Crippen LogP contribution >= 0.6 is 11.3 Å². The second-order valence-electron chi connectivity index (χ2n) is 4.77. The molecular weight excluding hydrogens is 252 g/mol. The van der Waals surface area contributed by atoms with Crippen LogP contribution in [-0.4, -0.2) is 9.97 Å². The molecule has 0 atom stereocenters. The van der Waals surface area contributed by atoms with Gasteiger partial charge in [-0.2, -0.15) is 0 Å². The lowest BCUT2D eigenvalue weighted by Crippen LogP contribution is -1.89. The van der Waals surface area contributed by atoms with Crippen molar-refractivity contribution in [3.63, 3.8) is 0 Å². The number of hydrogen-bond acceptors (Lipinski definition) is 3. The zero-order chi connectivity index (χ0) is 13.2.